The smallest absolute Gasteiger partial charge is 0.271 e. The van der Waals surface area contributed by atoms with Gasteiger partial charge in [-0.1, -0.05) is 42.5 Å². The van der Waals surface area contributed by atoms with Gasteiger partial charge in [-0.3, -0.25) is 4.79 Å². The molecule has 1 amide bonds. The first-order chi connectivity index (χ1) is 12.7. The highest BCUT2D eigenvalue weighted by Gasteiger charge is 2.04. The molecule has 0 aliphatic rings. The monoisotopic (exact) mass is 346 g/mol. The van der Waals surface area contributed by atoms with E-state index < -0.39 is 0 Å². The number of amides is 1. The Morgan fingerprint density at radius 1 is 1.00 bits per heavy atom. The van der Waals surface area contributed by atoms with Crippen LogP contribution < -0.4 is 10.2 Å². The second-order valence-corrected chi connectivity index (χ2v) is 5.59. The summed E-state index contributed by atoms with van der Waals surface area (Å²) in [5.74, 6) is 0.510. The van der Waals surface area contributed by atoms with E-state index in [4.69, 9.17) is 4.74 Å². The number of nitrogens with zero attached hydrogens (tertiary/aromatic N) is 1. The number of hydrogen-bond donors (Lipinski definition) is 2. The molecule has 0 spiro atoms. The number of carbonyl (C=O) groups is 1. The maximum Gasteiger partial charge on any atom is 0.271 e. The predicted molar refractivity (Wildman–Crippen MR) is 100 cm³/mol. The number of carbonyl (C=O) groups excluding carboxylic acids is 1. The molecular formula is C21H18N2O3. The van der Waals surface area contributed by atoms with Crippen molar-refractivity contribution in [3.63, 3.8) is 0 Å². The minimum atomic E-state index is -0.323. The van der Waals surface area contributed by atoms with Crippen molar-refractivity contribution in [3.05, 3.63) is 95.6 Å². The van der Waals surface area contributed by atoms with Crippen LogP contribution in [-0.2, 0) is 6.61 Å². The number of nitrogens with one attached hydrogen (secondary N) is 1. The molecule has 26 heavy (non-hydrogen) atoms. The highest BCUT2D eigenvalue weighted by molar-refractivity contribution is 5.95. The molecule has 0 heterocycles. The molecule has 0 saturated heterocycles. The molecule has 0 aromatic heterocycles. The summed E-state index contributed by atoms with van der Waals surface area (Å²) in [7, 11) is 0. The fourth-order valence-electron chi connectivity index (χ4n) is 2.28. The summed E-state index contributed by atoms with van der Waals surface area (Å²) < 4.78 is 5.69. The Kier molecular flexibility index (Phi) is 5.62. The van der Waals surface area contributed by atoms with E-state index in [9.17, 15) is 9.90 Å². The zero-order valence-electron chi connectivity index (χ0n) is 14.0. The molecule has 0 atom stereocenters. The first-order valence-corrected chi connectivity index (χ1v) is 8.10. The van der Waals surface area contributed by atoms with Crippen LogP contribution in [0.2, 0.25) is 0 Å². The molecule has 130 valence electrons. The second-order valence-electron chi connectivity index (χ2n) is 5.59. The van der Waals surface area contributed by atoms with Crippen LogP contribution >= 0.6 is 0 Å². The van der Waals surface area contributed by atoms with E-state index in [1.807, 2.05) is 30.3 Å². The van der Waals surface area contributed by atoms with Crippen LogP contribution in [0.4, 0.5) is 0 Å². The van der Waals surface area contributed by atoms with Gasteiger partial charge in [0.25, 0.3) is 5.91 Å². The van der Waals surface area contributed by atoms with E-state index in [1.54, 1.807) is 48.5 Å². The summed E-state index contributed by atoms with van der Waals surface area (Å²) in [6.07, 6.45) is 1.47. The van der Waals surface area contributed by atoms with Crippen molar-refractivity contribution in [1.29, 1.82) is 0 Å². The van der Waals surface area contributed by atoms with Gasteiger partial charge in [0.15, 0.2) is 0 Å². The number of hydrazone groups is 1. The molecule has 0 fully saturated rings. The van der Waals surface area contributed by atoms with E-state index >= 15 is 0 Å². The Balaban J connectivity index is 1.53. The third kappa shape index (κ3) is 4.95. The van der Waals surface area contributed by atoms with Gasteiger partial charge in [0.2, 0.25) is 0 Å². The van der Waals surface area contributed by atoms with Crippen LogP contribution in [0.15, 0.2) is 84.0 Å². The van der Waals surface area contributed by atoms with Crippen molar-refractivity contribution >= 4 is 12.1 Å². The van der Waals surface area contributed by atoms with Crippen LogP contribution in [0.5, 0.6) is 11.5 Å². The van der Waals surface area contributed by atoms with Gasteiger partial charge in [-0.25, -0.2) is 5.43 Å². The fraction of sp³-hybridized carbons (Fsp3) is 0.0476. The maximum absolute atomic E-state index is 12.1. The fourth-order valence-corrected chi connectivity index (χ4v) is 2.28. The van der Waals surface area contributed by atoms with Gasteiger partial charge < -0.3 is 9.84 Å². The normalized spacial score (nSPS) is 10.6. The molecule has 5 heteroatoms. The minimum absolute atomic E-state index is 0.145. The van der Waals surface area contributed by atoms with Gasteiger partial charge in [-0.15, -0.1) is 0 Å². The Hall–Kier alpha value is -3.60. The number of aromatic hydroxyl groups is 1. The molecule has 0 bridgehead atoms. The van der Waals surface area contributed by atoms with Crippen LogP contribution in [0.1, 0.15) is 21.5 Å². The van der Waals surface area contributed by atoms with Gasteiger partial charge in [0, 0.05) is 5.56 Å². The largest absolute Gasteiger partial charge is 0.508 e. The third-order valence-electron chi connectivity index (χ3n) is 3.61. The molecule has 5 nitrogen and oxygen atoms in total. The van der Waals surface area contributed by atoms with Gasteiger partial charge in [0.1, 0.15) is 18.1 Å². The summed E-state index contributed by atoms with van der Waals surface area (Å²) in [4.78, 5) is 12.1. The van der Waals surface area contributed by atoms with Gasteiger partial charge in [-0.05, 0) is 47.5 Å². The van der Waals surface area contributed by atoms with Crippen LogP contribution in [-0.4, -0.2) is 17.2 Å². The summed E-state index contributed by atoms with van der Waals surface area (Å²) >= 11 is 0. The topological polar surface area (TPSA) is 70.9 Å². The Labute approximate surface area is 151 Å². The number of benzene rings is 3. The number of rotatable bonds is 6. The van der Waals surface area contributed by atoms with Crippen molar-refractivity contribution in [1.82, 2.24) is 5.43 Å². The van der Waals surface area contributed by atoms with Gasteiger partial charge >= 0.3 is 0 Å². The Morgan fingerprint density at radius 3 is 2.50 bits per heavy atom. The van der Waals surface area contributed by atoms with E-state index in [0.717, 1.165) is 5.56 Å². The molecule has 0 aliphatic heterocycles. The summed E-state index contributed by atoms with van der Waals surface area (Å²) in [5.41, 5.74) is 4.70. The highest BCUT2D eigenvalue weighted by Crippen LogP contribution is 2.14. The van der Waals surface area contributed by atoms with Crippen molar-refractivity contribution < 1.29 is 14.6 Å². The molecule has 0 aliphatic carbocycles. The first kappa shape index (κ1) is 17.2. The van der Waals surface area contributed by atoms with E-state index in [2.05, 4.69) is 10.5 Å². The first-order valence-electron chi connectivity index (χ1n) is 8.10. The third-order valence-corrected chi connectivity index (χ3v) is 3.61. The van der Waals surface area contributed by atoms with Crippen molar-refractivity contribution in [2.24, 2.45) is 5.10 Å². The zero-order valence-corrected chi connectivity index (χ0v) is 14.0. The predicted octanol–water partition coefficient (Wildman–Crippen LogP) is 3.74. The second kappa shape index (κ2) is 8.48. The molecule has 3 rings (SSSR count). The van der Waals surface area contributed by atoms with Crippen molar-refractivity contribution in [2.75, 3.05) is 0 Å². The zero-order chi connectivity index (χ0) is 18.2. The Morgan fingerprint density at radius 2 is 1.77 bits per heavy atom. The highest BCUT2D eigenvalue weighted by atomic mass is 16.5. The van der Waals surface area contributed by atoms with Gasteiger partial charge in [0.05, 0.1) is 6.21 Å². The lowest BCUT2D eigenvalue weighted by molar-refractivity contribution is 0.0955. The quantitative estimate of drug-likeness (QED) is 0.528. The molecule has 3 aromatic rings. The van der Waals surface area contributed by atoms with Crippen LogP contribution in [0.3, 0.4) is 0 Å². The average molecular weight is 346 g/mol. The number of phenols is 1. The number of hydrogen-bond acceptors (Lipinski definition) is 4. The standard InChI is InChI=1S/C21H18N2O3/c24-19-8-4-7-17(13-19)14-22-23-21(25)18-9-11-20(12-10-18)26-15-16-5-2-1-3-6-16/h1-14,24H,15H2,(H,23,25). The summed E-state index contributed by atoms with van der Waals surface area (Å²) in [6, 6.07) is 23.3. The van der Waals surface area contributed by atoms with E-state index in [0.29, 0.717) is 23.5 Å². The molecule has 2 N–H and O–H groups in total. The van der Waals surface area contributed by atoms with E-state index in [-0.39, 0.29) is 11.7 Å². The maximum atomic E-state index is 12.1. The summed E-state index contributed by atoms with van der Waals surface area (Å²) in [6.45, 7) is 0.473. The molecule has 0 radical (unpaired) electrons. The lowest BCUT2D eigenvalue weighted by atomic mass is 10.2. The number of ether oxygens (including phenoxy) is 1. The minimum Gasteiger partial charge on any atom is -0.508 e. The number of phenolic OH excluding ortho intramolecular Hbond substituents is 1. The van der Waals surface area contributed by atoms with Crippen LogP contribution in [0.25, 0.3) is 0 Å². The van der Waals surface area contributed by atoms with E-state index in [1.165, 1.54) is 6.21 Å². The van der Waals surface area contributed by atoms with Crippen molar-refractivity contribution in [2.45, 2.75) is 6.61 Å². The average Bonchev–Trinajstić information content (AvgIpc) is 2.67. The SMILES string of the molecule is O=C(NN=Cc1cccc(O)c1)c1ccc(OCc2ccccc2)cc1. The van der Waals surface area contributed by atoms with Crippen LogP contribution in [0, 0.1) is 0 Å². The molecular weight excluding hydrogens is 328 g/mol. The lowest BCUT2D eigenvalue weighted by Gasteiger charge is -2.07. The molecule has 3 aromatic carbocycles. The molecule has 0 unspecified atom stereocenters. The summed E-state index contributed by atoms with van der Waals surface area (Å²) in [5, 5.41) is 13.3. The van der Waals surface area contributed by atoms with Crippen molar-refractivity contribution in [3.8, 4) is 11.5 Å². The van der Waals surface area contributed by atoms with Gasteiger partial charge in [-0.2, -0.15) is 5.10 Å². The molecule has 0 saturated carbocycles. The Bertz CT molecular complexity index is 891. The lowest BCUT2D eigenvalue weighted by Crippen LogP contribution is -2.17.